The summed E-state index contributed by atoms with van der Waals surface area (Å²) in [7, 11) is 0. The van der Waals surface area contributed by atoms with Gasteiger partial charge < -0.3 is 19.8 Å². The molecule has 1 heterocycles. The Balaban J connectivity index is 2.07. The number of alkyl halides is 3. The number of halogens is 3. The largest absolute Gasteiger partial charge is 0.483 e. The van der Waals surface area contributed by atoms with Crippen molar-refractivity contribution >= 4 is 11.8 Å². The molecule has 0 aliphatic rings. The lowest BCUT2D eigenvalue weighted by atomic mass is 10.2. The molecule has 0 saturated carbocycles. The third-order valence-electron chi connectivity index (χ3n) is 3.15. The van der Waals surface area contributed by atoms with Crippen molar-refractivity contribution < 1.29 is 31.9 Å². The molecular weight excluding hydrogens is 341 g/mol. The molecule has 0 aliphatic heterocycles. The van der Waals surface area contributed by atoms with Gasteiger partial charge in [0.2, 0.25) is 0 Å². The van der Waals surface area contributed by atoms with E-state index < -0.39 is 31.1 Å². The maximum atomic E-state index is 12.7. The molecule has 0 aliphatic carbocycles. The molecule has 0 radical (unpaired) electrons. The highest BCUT2D eigenvalue weighted by molar-refractivity contribution is 5.95. The van der Waals surface area contributed by atoms with Crippen molar-refractivity contribution in [1.29, 1.82) is 0 Å². The Kier molecular flexibility index (Phi) is 5.68. The van der Waals surface area contributed by atoms with Gasteiger partial charge in [-0.3, -0.25) is 9.59 Å². The van der Waals surface area contributed by atoms with E-state index in [0.29, 0.717) is 4.90 Å². The lowest BCUT2D eigenvalue weighted by Gasteiger charge is -2.23. The minimum atomic E-state index is -4.58. The molecule has 2 aromatic rings. The zero-order chi connectivity index (χ0) is 18.4. The van der Waals surface area contributed by atoms with Crippen LogP contribution in [-0.4, -0.2) is 36.0 Å². The van der Waals surface area contributed by atoms with Gasteiger partial charge in [0.1, 0.15) is 18.1 Å². The Labute approximate surface area is 141 Å². The summed E-state index contributed by atoms with van der Waals surface area (Å²) in [6.07, 6.45) is -3.28. The highest BCUT2D eigenvalue weighted by atomic mass is 19.4. The molecule has 2 N–H and O–H groups in total. The lowest BCUT2D eigenvalue weighted by Crippen LogP contribution is -2.41. The van der Waals surface area contributed by atoms with Crippen LogP contribution in [0.3, 0.4) is 0 Å². The Morgan fingerprint density at radius 2 is 1.88 bits per heavy atom. The van der Waals surface area contributed by atoms with Crippen molar-refractivity contribution in [1.82, 2.24) is 4.90 Å². The topological polar surface area (TPSA) is 85.8 Å². The predicted molar refractivity (Wildman–Crippen MR) is 80.6 cm³/mol. The molecule has 0 bridgehead atoms. The maximum Gasteiger partial charge on any atom is 0.406 e. The number of hydrogen-bond donors (Lipinski definition) is 1. The van der Waals surface area contributed by atoms with Gasteiger partial charge in [-0.1, -0.05) is 12.1 Å². The van der Waals surface area contributed by atoms with Crippen LogP contribution in [0, 0.1) is 0 Å². The quantitative estimate of drug-likeness (QED) is 0.825. The van der Waals surface area contributed by atoms with E-state index in [0.717, 1.165) is 0 Å². The highest BCUT2D eigenvalue weighted by Gasteiger charge is 2.33. The summed E-state index contributed by atoms with van der Waals surface area (Å²) < 4.78 is 48.3. The Morgan fingerprint density at radius 3 is 2.48 bits per heavy atom. The van der Waals surface area contributed by atoms with Crippen LogP contribution in [0.15, 0.2) is 47.1 Å². The van der Waals surface area contributed by atoms with E-state index in [-0.39, 0.29) is 23.6 Å². The molecule has 25 heavy (non-hydrogen) atoms. The summed E-state index contributed by atoms with van der Waals surface area (Å²) in [6, 6.07) is 8.84. The second kappa shape index (κ2) is 7.73. The average Bonchev–Trinajstić information content (AvgIpc) is 3.04. The fraction of sp³-hybridized carbons (Fsp3) is 0.250. The Hall–Kier alpha value is -2.97. The normalized spacial score (nSPS) is 11.2. The van der Waals surface area contributed by atoms with E-state index in [1.54, 1.807) is 12.1 Å². The summed E-state index contributed by atoms with van der Waals surface area (Å²) in [5.41, 5.74) is 5.21. The van der Waals surface area contributed by atoms with Gasteiger partial charge in [-0.05, 0) is 24.3 Å². The zero-order valence-electron chi connectivity index (χ0n) is 13.0. The van der Waals surface area contributed by atoms with E-state index in [9.17, 15) is 22.8 Å². The molecule has 0 fully saturated rings. The second-order valence-electron chi connectivity index (χ2n) is 5.09. The molecule has 2 amide bonds. The number of para-hydroxylation sites is 1. The zero-order valence-corrected chi connectivity index (χ0v) is 13.0. The number of primary amides is 1. The lowest BCUT2D eigenvalue weighted by molar-refractivity contribution is -0.164. The Morgan fingerprint density at radius 1 is 1.16 bits per heavy atom. The van der Waals surface area contributed by atoms with E-state index in [1.165, 1.54) is 30.5 Å². The minimum absolute atomic E-state index is 0.0216. The van der Waals surface area contributed by atoms with Crippen LogP contribution in [0.5, 0.6) is 5.75 Å². The third kappa shape index (κ3) is 5.55. The van der Waals surface area contributed by atoms with Gasteiger partial charge in [-0.15, -0.1) is 0 Å². The second-order valence-corrected chi connectivity index (χ2v) is 5.09. The molecule has 1 aromatic carbocycles. The number of benzene rings is 1. The van der Waals surface area contributed by atoms with Crippen molar-refractivity contribution in [3.63, 3.8) is 0 Å². The first kappa shape index (κ1) is 18.4. The Bertz CT molecular complexity index is 729. The summed E-state index contributed by atoms with van der Waals surface area (Å²) in [6.45, 7) is -2.49. The molecule has 9 heteroatoms. The number of rotatable bonds is 7. The van der Waals surface area contributed by atoms with Gasteiger partial charge in [0.05, 0.1) is 18.4 Å². The van der Waals surface area contributed by atoms with E-state index in [1.807, 2.05) is 0 Å². The van der Waals surface area contributed by atoms with Crippen LogP contribution < -0.4 is 10.5 Å². The summed E-state index contributed by atoms with van der Waals surface area (Å²) in [5.74, 6) is -1.46. The van der Waals surface area contributed by atoms with Gasteiger partial charge in [-0.2, -0.15) is 13.2 Å². The van der Waals surface area contributed by atoms with Crippen molar-refractivity contribution in [3.05, 3.63) is 54.0 Å². The van der Waals surface area contributed by atoms with E-state index >= 15 is 0 Å². The van der Waals surface area contributed by atoms with E-state index in [2.05, 4.69) is 0 Å². The van der Waals surface area contributed by atoms with Gasteiger partial charge in [0, 0.05) is 0 Å². The smallest absolute Gasteiger partial charge is 0.406 e. The summed E-state index contributed by atoms with van der Waals surface area (Å²) in [5, 5.41) is 0. The fourth-order valence-electron chi connectivity index (χ4n) is 2.07. The first-order valence-electron chi connectivity index (χ1n) is 7.15. The molecule has 0 spiro atoms. The monoisotopic (exact) mass is 356 g/mol. The molecule has 2 rings (SSSR count). The average molecular weight is 356 g/mol. The van der Waals surface area contributed by atoms with Gasteiger partial charge in [0.25, 0.3) is 11.8 Å². The standard InChI is InChI=1S/C16H15F3N2O4/c17-16(18,19)10-21(8-11-4-3-7-24-11)14(22)9-25-13-6-2-1-5-12(13)15(20)23/h1-7H,8-10H2,(H2,20,23). The van der Waals surface area contributed by atoms with Crippen molar-refractivity contribution in [2.24, 2.45) is 5.73 Å². The molecule has 6 nitrogen and oxygen atoms in total. The number of carbonyl (C=O) groups excluding carboxylic acids is 2. The molecule has 0 saturated heterocycles. The highest BCUT2D eigenvalue weighted by Crippen LogP contribution is 2.20. The molecular formula is C16H15F3N2O4. The van der Waals surface area contributed by atoms with E-state index in [4.69, 9.17) is 14.9 Å². The first-order valence-corrected chi connectivity index (χ1v) is 7.15. The summed E-state index contributed by atoms with van der Waals surface area (Å²) in [4.78, 5) is 24.0. The van der Waals surface area contributed by atoms with Gasteiger partial charge in [0.15, 0.2) is 6.61 Å². The van der Waals surface area contributed by atoms with Crippen LogP contribution in [0.4, 0.5) is 13.2 Å². The number of carbonyl (C=O) groups is 2. The SMILES string of the molecule is NC(=O)c1ccccc1OCC(=O)N(Cc1ccco1)CC(F)(F)F. The van der Waals surface area contributed by atoms with Crippen molar-refractivity contribution in [2.45, 2.75) is 12.7 Å². The van der Waals surface area contributed by atoms with Crippen LogP contribution in [0.2, 0.25) is 0 Å². The number of furan rings is 1. The van der Waals surface area contributed by atoms with Crippen LogP contribution in [0.25, 0.3) is 0 Å². The molecule has 1 aromatic heterocycles. The molecule has 134 valence electrons. The minimum Gasteiger partial charge on any atom is -0.483 e. The van der Waals surface area contributed by atoms with Gasteiger partial charge in [-0.25, -0.2) is 0 Å². The van der Waals surface area contributed by atoms with Crippen LogP contribution in [-0.2, 0) is 11.3 Å². The van der Waals surface area contributed by atoms with Crippen molar-refractivity contribution in [2.75, 3.05) is 13.2 Å². The van der Waals surface area contributed by atoms with Gasteiger partial charge >= 0.3 is 6.18 Å². The summed E-state index contributed by atoms with van der Waals surface area (Å²) >= 11 is 0. The number of amides is 2. The number of nitrogens with two attached hydrogens (primary N) is 1. The number of ether oxygens (including phenoxy) is 1. The third-order valence-corrected chi connectivity index (χ3v) is 3.15. The number of hydrogen-bond acceptors (Lipinski definition) is 4. The van der Waals surface area contributed by atoms with Crippen molar-refractivity contribution in [3.8, 4) is 5.75 Å². The van der Waals surface area contributed by atoms with Crippen LogP contribution in [0.1, 0.15) is 16.1 Å². The van der Waals surface area contributed by atoms with Crippen LogP contribution >= 0.6 is 0 Å². The predicted octanol–water partition coefficient (Wildman–Crippen LogP) is 2.35. The maximum absolute atomic E-state index is 12.7. The first-order chi connectivity index (χ1) is 11.8. The molecule has 0 atom stereocenters. The molecule has 0 unspecified atom stereocenters. The number of nitrogens with zero attached hydrogens (tertiary/aromatic N) is 1. The fourth-order valence-corrected chi connectivity index (χ4v) is 2.07.